The van der Waals surface area contributed by atoms with Crippen molar-refractivity contribution in [1.82, 2.24) is 4.90 Å². The molecule has 3 aromatic rings. The monoisotopic (exact) mass is 560 g/mol. The van der Waals surface area contributed by atoms with E-state index < -0.39 is 0 Å². The smallest absolute Gasteiger partial charge is 0.193 e. The number of rotatable bonds is 14. The van der Waals surface area contributed by atoms with Crippen LogP contribution in [0, 0.1) is 6.92 Å². The van der Waals surface area contributed by atoms with Crippen molar-refractivity contribution in [2.45, 2.75) is 67.2 Å². The molecule has 0 saturated heterocycles. The zero-order chi connectivity index (χ0) is 30.6. The summed E-state index contributed by atoms with van der Waals surface area (Å²) < 4.78 is 4.97. The quantitative estimate of drug-likeness (QED) is 0.152. The lowest BCUT2D eigenvalue weighted by Crippen LogP contribution is -2.25. The van der Waals surface area contributed by atoms with Crippen LogP contribution in [0.15, 0.2) is 73.3 Å². The molecule has 2 N–H and O–H groups in total. The van der Waals surface area contributed by atoms with Crippen LogP contribution >= 0.6 is 0 Å². The van der Waals surface area contributed by atoms with E-state index in [0.717, 1.165) is 42.9 Å². The molecule has 0 fully saturated rings. The average molecular weight is 561 g/mol. The van der Waals surface area contributed by atoms with Gasteiger partial charge in [0.05, 0.1) is 7.11 Å². The second kappa shape index (κ2) is 20.3. The number of aromatic hydroxyl groups is 1. The maximum atomic E-state index is 12.9. The molecule has 0 aliphatic rings. The van der Waals surface area contributed by atoms with E-state index in [2.05, 4.69) is 37.6 Å². The van der Waals surface area contributed by atoms with Crippen molar-refractivity contribution in [2.24, 2.45) is 0 Å². The molecule has 0 radical (unpaired) electrons. The van der Waals surface area contributed by atoms with Gasteiger partial charge in [0, 0.05) is 35.0 Å². The van der Waals surface area contributed by atoms with E-state index in [4.69, 9.17) is 4.74 Å². The van der Waals surface area contributed by atoms with Gasteiger partial charge in [-0.1, -0.05) is 82.7 Å². The first-order chi connectivity index (χ1) is 19.8. The number of ketones is 1. The Labute approximate surface area is 249 Å². The predicted octanol–water partition coefficient (Wildman–Crippen LogP) is 8.80. The fraction of sp³-hybridized carbons (Fsp3) is 0.417. The van der Waals surface area contributed by atoms with Crippen LogP contribution in [0.1, 0.15) is 80.9 Å². The summed E-state index contributed by atoms with van der Waals surface area (Å²) in [6.07, 6.45) is 4.63. The van der Waals surface area contributed by atoms with E-state index in [9.17, 15) is 9.90 Å². The van der Waals surface area contributed by atoms with Crippen LogP contribution in [0.4, 0.5) is 5.69 Å². The molecule has 0 saturated carbocycles. The largest absolute Gasteiger partial charge is 0.508 e. The zero-order valence-electron chi connectivity index (χ0n) is 26.4. The van der Waals surface area contributed by atoms with E-state index in [-0.39, 0.29) is 11.5 Å². The molecule has 0 aromatic heterocycles. The summed E-state index contributed by atoms with van der Waals surface area (Å²) in [4.78, 5) is 15.4. The number of aryl methyl sites for hydroxylation is 2. The average Bonchev–Trinajstić information content (AvgIpc) is 3.00. The van der Waals surface area contributed by atoms with Gasteiger partial charge in [0.15, 0.2) is 5.78 Å². The first kappa shape index (κ1) is 35.5. The molecule has 0 amide bonds. The molecule has 5 nitrogen and oxygen atoms in total. The highest BCUT2D eigenvalue weighted by atomic mass is 16.5. The van der Waals surface area contributed by atoms with Crippen molar-refractivity contribution >= 4 is 17.0 Å². The molecule has 3 rings (SSSR count). The van der Waals surface area contributed by atoms with Gasteiger partial charge in [-0.25, -0.2) is 0 Å². The van der Waals surface area contributed by atoms with Crippen LogP contribution in [0.5, 0.6) is 11.5 Å². The number of nitrogens with zero attached hydrogens (tertiary/aromatic N) is 1. The summed E-state index contributed by atoms with van der Waals surface area (Å²) in [5.41, 5.74) is 5.01. The number of phenolic OH excluding ortho intramolecular Hbond substituents is 1. The van der Waals surface area contributed by atoms with Crippen LogP contribution in [0.25, 0.3) is 5.57 Å². The number of benzene rings is 3. The number of phenols is 1. The number of hydrogen-bond donors (Lipinski definition) is 2. The minimum Gasteiger partial charge on any atom is -0.508 e. The number of unbranched alkanes of at least 4 members (excludes halogenated alkanes) is 1. The van der Waals surface area contributed by atoms with Crippen LogP contribution in [0.2, 0.25) is 0 Å². The molecule has 0 unspecified atom stereocenters. The first-order valence-electron chi connectivity index (χ1n) is 15.1. The van der Waals surface area contributed by atoms with Crippen LogP contribution in [-0.4, -0.2) is 49.1 Å². The Kier molecular flexibility index (Phi) is 17.6. The van der Waals surface area contributed by atoms with Gasteiger partial charge >= 0.3 is 0 Å². The van der Waals surface area contributed by atoms with Crippen molar-refractivity contribution < 1.29 is 14.6 Å². The predicted molar refractivity (Wildman–Crippen MR) is 176 cm³/mol. The number of ether oxygens (including phenoxy) is 1. The lowest BCUT2D eigenvalue weighted by atomic mass is 9.95. The summed E-state index contributed by atoms with van der Waals surface area (Å²) in [5.74, 6) is 0.986. The third-order valence-corrected chi connectivity index (χ3v) is 6.66. The molecule has 41 heavy (non-hydrogen) atoms. The summed E-state index contributed by atoms with van der Waals surface area (Å²) in [6.45, 7) is 20.6. The molecular weight excluding hydrogens is 508 g/mol. The number of methoxy groups -OCH3 is 1. The van der Waals surface area contributed by atoms with Gasteiger partial charge in [-0.3, -0.25) is 4.79 Å². The summed E-state index contributed by atoms with van der Waals surface area (Å²) in [5, 5.41) is 12.9. The van der Waals surface area contributed by atoms with Gasteiger partial charge in [-0.15, -0.1) is 0 Å². The fourth-order valence-electron chi connectivity index (χ4n) is 4.24. The van der Waals surface area contributed by atoms with Gasteiger partial charge in [-0.2, -0.15) is 0 Å². The standard InChI is InChI=1S/C26H36N2O2.C8H10O.C2H6/c1-5-8-17-28(7-3)18-9-10-21-11-13-22(14-12-21)26(30)20(4)24-16-15-23(29)19-25(24)27-6-2;1-7-3-5-8(9-2)6-4-7;1-2/h11-16,19,27,29H,4-10,17-18H2,1-3H3;3-6H,1-2H3;1-2H3. The fourth-order valence-corrected chi connectivity index (χ4v) is 4.24. The molecule has 224 valence electrons. The van der Waals surface area contributed by atoms with Crippen molar-refractivity contribution in [3.8, 4) is 11.5 Å². The van der Waals surface area contributed by atoms with Gasteiger partial charge in [0.2, 0.25) is 0 Å². The summed E-state index contributed by atoms with van der Waals surface area (Å²) >= 11 is 0. The van der Waals surface area contributed by atoms with E-state index in [0.29, 0.717) is 17.7 Å². The van der Waals surface area contributed by atoms with E-state index in [1.54, 1.807) is 25.3 Å². The number of carbonyl (C=O) groups excluding carboxylic acids is 1. The van der Waals surface area contributed by atoms with Gasteiger partial charge < -0.3 is 20.1 Å². The molecule has 0 bridgehead atoms. The number of carbonyl (C=O) groups is 1. The molecule has 3 aromatic carbocycles. The Hall–Kier alpha value is -3.57. The summed E-state index contributed by atoms with van der Waals surface area (Å²) in [7, 11) is 1.67. The third-order valence-electron chi connectivity index (χ3n) is 6.66. The minimum atomic E-state index is -0.0943. The SMILES string of the molecule is C=C(C(=O)c1ccc(CCCN(CC)CCCC)cc1)c1ccc(O)cc1NCC.CC.COc1ccc(C)cc1. The third kappa shape index (κ3) is 12.6. The number of nitrogens with one attached hydrogen (secondary N) is 1. The molecule has 0 atom stereocenters. The van der Waals surface area contributed by atoms with Gasteiger partial charge in [0.1, 0.15) is 11.5 Å². The van der Waals surface area contributed by atoms with Crippen molar-refractivity contribution in [3.63, 3.8) is 0 Å². The van der Waals surface area contributed by atoms with Gasteiger partial charge in [-0.05, 0) is 82.6 Å². The topological polar surface area (TPSA) is 61.8 Å². The van der Waals surface area contributed by atoms with E-state index in [1.807, 2.05) is 69.3 Å². The number of anilines is 1. The maximum Gasteiger partial charge on any atom is 0.193 e. The second-order valence-electron chi connectivity index (χ2n) is 9.67. The highest BCUT2D eigenvalue weighted by Gasteiger charge is 2.16. The highest BCUT2D eigenvalue weighted by molar-refractivity contribution is 6.29. The van der Waals surface area contributed by atoms with Gasteiger partial charge in [0.25, 0.3) is 0 Å². The maximum absolute atomic E-state index is 12.9. The minimum absolute atomic E-state index is 0.0943. The highest BCUT2D eigenvalue weighted by Crippen LogP contribution is 2.29. The van der Waals surface area contributed by atoms with Crippen molar-refractivity contribution in [2.75, 3.05) is 38.6 Å². The normalized spacial score (nSPS) is 10.1. The Morgan fingerprint density at radius 2 is 1.56 bits per heavy atom. The van der Waals surface area contributed by atoms with Crippen molar-refractivity contribution in [3.05, 3.63) is 95.6 Å². The first-order valence-corrected chi connectivity index (χ1v) is 15.1. The molecule has 0 aliphatic carbocycles. The Morgan fingerprint density at radius 3 is 2.12 bits per heavy atom. The molecule has 5 heteroatoms. The molecule has 0 aliphatic heterocycles. The second-order valence-corrected chi connectivity index (χ2v) is 9.67. The van der Waals surface area contributed by atoms with Crippen LogP contribution in [0.3, 0.4) is 0 Å². The Balaban J connectivity index is 0.000000641. The molecular formula is C36H52N2O3. The van der Waals surface area contributed by atoms with E-state index in [1.165, 1.54) is 30.5 Å². The molecule has 0 spiro atoms. The number of Topliss-reactive ketones (excluding diaryl/α,β-unsaturated/α-hetero) is 1. The van der Waals surface area contributed by atoms with Crippen LogP contribution in [-0.2, 0) is 6.42 Å². The Bertz CT molecular complexity index is 1150. The molecule has 0 heterocycles. The lowest BCUT2D eigenvalue weighted by Gasteiger charge is -2.19. The number of hydrogen-bond acceptors (Lipinski definition) is 5. The van der Waals surface area contributed by atoms with Crippen molar-refractivity contribution in [1.29, 1.82) is 0 Å². The van der Waals surface area contributed by atoms with E-state index >= 15 is 0 Å². The van der Waals surface area contributed by atoms with Crippen LogP contribution < -0.4 is 10.1 Å². The number of allylic oxidation sites excluding steroid dienone is 1. The Morgan fingerprint density at radius 1 is 0.927 bits per heavy atom. The zero-order valence-corrected chi connectivity index (χ0v) is 26.4. The summed E-state index contributed by atoms with van der Waals surface area (Å²) in [6, 6.07) is 20.8. The lowest BCUT2D eigenvalue weighted by molar-refractivity contribution is 0.105.